The molecule has 2 N–H and O–H groups in total. The Morgan fingerprint density at radius 2 is 2.00 bits per heavy atom. The van der Waals surface area contributed by atoms with Gasteiger partial charge in [-0.25, -0.2) is 0 Å². The lowest BCUT2D eigenvalue weighted by atomic mass is 10.2. The second-order valence-corrected chi connectivity index (χ2v) is 4.47. The lowest BCUT2D eigenvalue weighted by Gasteiger charge is -2.19. The smallest absolute Gasteiger partial charge is 0.399 e. The van der Waals surface area contributed by atoms with E-state index in [9.17, 15) is 18.0 Å². The summed E-state index contributed by atoms with van der Waals surface area (Å²) in [6, 6.07) is 4.31. The maximum absolute atomic E-state index is 12.1. The summed E-state index contributed by atoms with van der Waals surface area (Å²) in [7, 11) is 1.09. The second-order valence-electron chi connectivity index (χ2n) is 3.55. The van der Waals surface area contributed by atoms with Crippen LogP contribution in [-0.4, -0.2) is 30.6 Å². The van der Waals surface area contributed by atoms with Crippen LogP contribution in [0.4, 0.5) is 18.9 Å². The highest BCUT2D eigenvalue weighted by Gasteiger charge is 2.31. The maximum Gasteiger partial charge on any atom is 0.406 e. The SMILES string of the molecule is CN(CC(F)(F)F)C(=O)c1cc(N)cc(Br)c1. The zero-order chi connectivity index (χ0) is 13.2. The minimum Gasteiger partial charge on any atom is -0.399 e. The molecule has 17 heavy (non-hydrogen) atoms. The highest BCUT2D eigenvalue weighted by atomic mass is 79.9. The van der Waals surface area contributed by atoms with Crippen LogP contribution in [0.25, 0.3) is 0 Å². The van der Waals surface area contributed by atoms with Gasteiger partial charge in [0.2, 0.25) is 0 Å². The summed E-state index contributed by atoms with van der Waals surface area (Å²) >= 11 is 3.12. The molecule has 0 heterocycles. The number of hydrogen-bond donors (Lipinski definition) is 1. The van der Waals surface area contributed by atoms with Gasteiger partial charge in [-0.2, -0.15) is 13.2 Å². The van der Waals surface area contributed by atoms with E-state index in [4.69, 9.17) is 5.73 Å². The van der Waals surface area contributed by atoms with Crippen LogP contribution in [0.2, 0.25) is 0 Å². The molecule has 1 aromatic rings. The number of hydrogen-bond acceptors (Lipinski definition) is 2. The van der Waals surface area contributed by atoms with E-state index in [1.165, 1.54) is 12.1 Å². The predicted molar refractivity (Wildman–Crippen MR) is 61.6 cm³/mol. The quantitative estimate of drug-likeness (QED) is 0.854. The van der Waals surface area contributed by atoms with Crippen molar-refractivity contribution in [3.05, 3.63) is 28.2 Å². The highest BCUT2D eigenvalue weighted by molar-refractivity contribution is 9.10. The van der Waals surface area contributed by atoms with Crippen LogP contribution in [0.15, 0.2) is 22.7 Å². The number of anilines is 1. The van der Waals surface area contributed by atoms with Crippen molar-refractivity contribution in [1.29, 1.82) is 0 Å². The van der Waals surface area contributed by atoms with Crippen molar-refractivity contribution in [2.24, 2.45) is 0 Å². The number of nitrogens with zero attached hydrogens (tertiary/aromatic N) is 1. The van der Waals surface area contributed by atoms with Crippen molar-refractivity contribution in [1.82, 2.24) is 4.90 Å². The van der Waals surface area contributed by atoms with Gasteiger partial charge in [0.1, 0.15) is 6.54 Å². The van der Waals surface area contributed by atoms with E-state index in [0.717, 1.165) is 7.05 Å². The van der Waals surface area contributed by atoms with Gasteiger partial charge in [-0.15, -0.1) is 0 Å². The molecule has 3 nitrogen and oxygen atoms in total. The molecule has 1 amide bonds. The van der Waals surface area contributed by atoms with Crippen molar-refractivity contribution in [2.45, 2.75) is 6.18 Å². The Kier molecular flexibility index (Phi) is 4.03. The first kappa shape index (κ1) is 13.8. The van der Waals surface area contributed by atoms with Crippen molar-refractivity contribution in [2.75, 3.05) is 19.3 Å². The lowest BCUT2D eigenvalue weighted by Crippen LogP contribution is -2.35. The third-order valence-corrected chi connectivity index (χ3v) is 2.39. The van der Waals surface area contributed by atoms with Crippen LogP contribution in [0.3, 0.4) is 0 Å². The Morgan fingerprint density at radius 3 is 2.47 bits per heavy atom. The number of nitrogen functional groups attached to an aromatic ring is 1. The normalized spacial score (nSPS) is 11.4. The molecular formula is C10H10BrF3N2O. The van der Waals surface area contributed by atoms with Gasteiger partial charge in [0, 0.05) is 22.8 Å². The molecule has 0 aliphatic heterocycles. The molecule has 0 saturated carbocycles. The summed E-state index contributed by atoms with van der Waals surface area (Å²) in [5.41, 5.74) is 5.92. The largest absolute Gasteiger partial charge is 0.406 e. The van der Waals surface area contributed by atoms with Crippen LogP contribution in [-0.2, 0) is 0 Å². The molecule has 7 heteroatoms. The number of alkyl halides is 3. The van der Waals surface area contributed by atoms with Gasteiger partial charge in [0.25, 0.3) is 5.91 Å². The Morgan fingerprint density at radius 1 is 1.41 bits per heavy atom. The molecule has 94 valence electrons. The van der Waals surface area contributed by atoms with Gasteiger partial charge in [0.15, 0.2) is 0 Å². The molecule has 0 radical (unpaired) electrons. The summed E-state index contributed by atoms with van der Waals surface area (Å²) < 4.78 is 36.9. The summed E-state index contributed by atoms with van der Waals surface area (Å²) in [5, 5.41) is 0. The highest BCUT2D eigenvalue weighted by Crippen LogP contribution is 2.20. The molecule has 0 aromatic heterocycles. The van der Waals surface area contributed by atoms with E-state index in [-0.39, 0.29) is 5.56 Å². The number of carbonyl (C=O) groups excluding carboxylic acids is 1. The average Bonchev–Trinajstić information content (AvgIpc) is 2.12. The fraction of sp³-hybridized carbons (Fsp3) is 0.300. The minimum atomic E-state index is -4.41. The van der Waals surface area contributed by atoms with Crippen molar-refractivity contribution in [3.63, 3.8) is 0 Å². The molecule has 0 saturated heterocycles. The third-order valence-electron chi connectivity index (χ3n) is 1.93. The molecule has 0 unspecified atom stereocenters. The Bertz CT molecular complexity index is 414. The fourth-order valence-electron chi connectivity index (χ4n) is 1.30. The number of amides is 1. The van der Waals surface area contributed by atoms with Gasteiger partial charge < -0.3 is 10.6 Å². The van der Waals surface area contributed by atoms with E-state index in [0.29, 0.717) is 15.1 Å². The Labute approximate surface area is 105 Å². The first-order chi connectivity index (χ1) is 7.69. The van der Waals surface area contributed by atoms with Gasteiger partial charge >= 0.3 is 6.18 Å². The molecule has 0 fully saturated rings. The van der Waals surface area contributed by atoms with E-state index in [2.05, 4.69) is 15.9 Å². The molecule has 0 aliphatic rings. The van der Waals surface area contributed by atoms with Crippen molar-refractivity contribution >= 4 is 27.5 Å². The number of nitrogens with two attached hydrogens (primary N) is 1. The van der Waals surface area contributed by atoms with Crippen molar-refractivity contribution < 1.29 is 18.0 Å². The van der Waals surface area contributed by atoms with Gasteiger partial charge in [-0.1, -0.05) is 15.9 Å². The molecule has 1 rings (SSSR count). The van der Waals surface area contributed by atoms with Crippen LogP contribution < -0.4 is 5.73 Å². The summed E-state index contributed by atoms with van der Waals surface area (Å²) in [4.78, 5) is 12.3. The number of rotatable bonds is 2. The first-order valence-electron chi connectivity index (χ1n) is 4.57. The Hall–Kier alpha value is -1.24. The zero-order valence-corrected chi connectivity index (χ0v) is 10.5. The summed E-state index contributed by atoms with van der Waals surface area (Å²) in [6.45, 7) is -1.29. The van der Waals surface area contributed by atoms with Crippen LogP contribution in [0, 0.1) is 0 Å². The van der Waals surface area contributed by atoms with Crippen LogP contribution in [0.1, 0.15) is 10.4 Å². The van der Waals surface area contributed by atoms with Crippen LogP contribution in [0.5, 0.6) is 0 Å². The topological polar surface area (TPSA) is 46.3 Å². The van der Waals surface area contributed by atoms with Gasteiger partial charge in [-0.3, -0.25) is 4.79 Å². The number of halogens is 4. The van der Waals surface area contributed by atoms with Crippen molar-refractivity contribution in [3.8, 4) is 0 Å². The lowest BCUT2D eigenvalue weighted by molar-refractivity contribution is -0.138. The number of carbonyl (C=O) groups is 1. The van der Waals surface area contributed by atoms with E-state index in [1.54, 1.807) is 6.07 Å². The minimum absolute atomic E-state index is 0.114. The molecule has 1 aromatic carbocycles. The third kappa shape index (κ3) is 4.26. The zero-order valence-electron chi connectivity index (χ0n) is 8.88. The number of benzene rings is 1. The average molecular weight is 311 g/mol. The monoisotopic (exact) mass is 310 g/mol. The second kappa shape index (κ2) is 4.95. The molecule has 0 aliphatic carbocycles. The van der Waals surface area contributed by atoms with E-state index in [1.807, 2.05) is 0 Å². The van der Waals surface area contributed by atoms with E-state index >= 15 is 0 Å². The summed E-state index contributed by atoms with van der Waals surface area (Å²) in [6.07, 6.45) is -4.41. The molecular weight excluding hydrogens is 301 g/mol. The van der Waals surface area contributed by atoms with Crippen LogP contribution >= 0.6 is 15.9 Å². The van der Waals surface area contributed by atoms with E-state index < -0.39 is 18.6 Å². The van der Waals surface area contributed by atoms with Gasteiger partial charge in [0.05, 0.1) is 0 Å². The summed E-state index contributed by atoms with van der Waals surface area (Å²) in [5.74, 6) is -0.727. The predicted octanol–water partition coefficient (Wildman–Crippen LogP) is 2.67. The molecule has 0 atom stereocenters. The standard InChI is InChI=1S/C10H10BrF3N2O/c1-16(5-10(12,13)14)9(17)6-2-7(11)4-8(15)3-6/h2-4H,5,15H2,1H3. The van der Waals surface area contributed by atoms with Gasteiger partial charge in [-0.05, 0) is 18.2 Å². The first-order valence-corrected chi connectivity index (χ1v) is 5.36. The fourth-order valence-corrected chi connectivity index (χ4v) is 1.81. The Balaban J connectivity index is 2.89. The maximum atomic E-state index is 12.1. The molecule has 0 spiro atoms. The molecule has 0 bridgehead atoms.